The Balaban J connectivity index is 0.00000220. The van der Waals surface area contributed by atoms with E-state index in [9.17, 15) is 0 Å². The average molecular weight is 328 g/mol. The van der Waals surface area contributed by atoms with Crippen LogP contribution in [0.4, 0.5) is 0 Å². The average Bonchev–Trinajstić information content (AvgIpc) is 2.49. The first kappa shape index (κ1) is 17.6. The minimum Gasteiger partial charge on any atom is -0.497 e. The fraction of sp³-hybridized carbons (Fsp3) is 0.250. The van der Waals surface area contributed by atoms with Gasteiger partial charge in [-0.3, -0.25) is 0 Å². The SMILES string of the molecule is COc1ccc(CNCc2ccccc2Cl)c(OC)c1.Cl. The maximum Gasteiger partial charge on any atom is 0.127 e. The molecule has 1 N–H and O–H groups in total. The van der Waals surface area contributed by atoms with E-state index >= 15 is 0 Å². The molecule has 0 aliphatic rings. The lowest BCUT2D eigenvalue weighted by Crippen LogP contribution is -2.13. The lowest BCUT2D eigenvalue weighted by atomic mass is 10.1. The van der Waals surface area contributed by atoms with Gasteiger partial charge in [0.2, 0.25) is 0 Å². The van der Waals surface area contributed by atoms with Crippen LogP contribution in [0.3, 0.4) is 0 Å². The number of hydrogen-bond donors (Lipinski definition) is 1. The number of methoxy groups -OCH3 is 2. The largest absolute Gasteiger partial charge is 0.497 e. The van der Waals surface area contributed by atoms with Crippen LogP contribution in [0.5, 0.6) is 11.5 Å². The van der Waals surface area contributed by atoms with Crippen molar-refractivity contribution in [2.24, 2.45) is 0 Å². The van der Waals surface area contributed by atoms with Crippen LogP contribution in [0, 0.1) is 0 Å². The van der Waals surface area contributed by atoms with Crippen LogP contribution in [0.25, 0.3) is 0 Å². The van der Waals surface area contributed by atoms with Gasteiger partial charge in [0.25, 0.3) is 0 Å². The Morgan fingerprint density at radius 2 is 1.67 bits per heavy atom. The Bertz CT molecular complexity index is 576. The molecule has 0 bridgehead atoms. The predicted octanol–water partition coefficient (Wildman–Crippen LogP) is 4.07. The van der Waals surface area contributed by atoms with Crippen molar-refractivity contribution in [3.63, 3.8) is 0 Å². The van der Waals surface area contributed by atoms with Crippen molar-refractivity contribution in [3.05, 3.63) is 58.6 Å². The minimum absolute atomic E-state index is 0. The van der Waals surface area contributed by atoms with Crippen LogP contribution < -0.4 is 14.8 Å². The van der Waals surface area contributed by atoms with E-state index in [-0.39, 0.29) is 12.4 Å². The zero-order valence-electron chi connectivity index (χ0n) is 12.1. The van der Waals surface area contributed by atoms with E-state index < -0.39 is 0 Å². The number of halogens is 2. The third-order valence-corrected chi connectivity index (χ3v) is 3.45. The molecule has 2 aromatic rings. The van der Waals surface area contributed by atoms with Crippen LogP contribution in [0.1, 0.15) is 11.1 Å². The second kappa shape index (κ2) is 8.78. The van der Waals surface area contributed by atoms with E-state index in [1.165, 1.54) is 0 Å². The van der Waals surface area contributed by atoms with E-state index in [2.05, 4.69) is 5.32 Å². The number of nitrogens with one attached hydrogen (secondary N) is 1. The molecule has 114 valence electrons. The van der Waals surface area contributed by atoms with Crippen molar-refractivity contribution in [1.82, 2.24) is 5.32 Å². The summed E-state index contributed by atoms with van der Waals surface area (Å²) in [4.78, 5) is 0. The lowest BCUT2D eigenvalue weighted by Gasteiger charge is -2.11. The molecule has 21 heavy (non-hydrogen) atoms. The molecule has 0 aromatic heterocycles. The Kier molecular flexibility index (Phi) is 7.37. The Hall–Kier alpha value is -1.42. The summed E-state index contributed by atoms with van der Waals surface area (Å²) in [6.45, 7) is 1.42. The highest BCUT2D eigenvalue weighted by Crippen LogP contribution is 2.24. The van der Waals surface area contributed by atoms with Crippen molar-refractivity contribution in [3.8, 4) is 11.5 Å². The molecule has 0 saturated carbocycles. The Morgan fingerprint density at radius 1 is 0.952 bits per heavy atom. The van der Waals surface area contributed by atoms with Crippen LogP contribution >= 0.6 is 24.0 Å². The lowest BCUT2D eigenvalue weighted by molar-refractivity contribution is 0.390. The first-order valence-electron chi connectivity index (χ1n) is 6.39. The molecule has 0 heterocycles. The van der Waals surface area contributed by atoms with E-state index in [1.807, 2.05) is 42.5 Å². The molecule has 0 saturated heterocycles. The standard InChI is InChI=1S/C16H18ClNO2.ClH/c1-19-14-8-7-13(16(9-14)20-2)11-18-10-12-5-3-4-6-15(12)17;/h3-9,18H,10-11H2,1-2H3;1H. The fourth-order valence-corrected chi connectivity index (χ4v) is 2.17. The summed E-state index contributed by atoms with van der Waals surface area (Å²) in [5.41, 5.74) is 2.17. The summed E-state index contributed by atoms with van der Waals surface area (Å²) in [5.74, 6) is 1.60. The molecule has 5 heteroatoms. The molecule has 0 fully saturated rings. The van der Waals surface area contributed by atoms with Gasteiger partial charge in [0.1, 0.15) is 11.5 Å². The summed E-state index contributed by atoms with van der Waals surface area (Å²) in [7, 11) is 3.30. The smallest absolute Gasteiger partial charge is 0.127 e. The van der Waals surface area contributed by atoms with Crippen molar-refractivity contribution >= 4 is 24.0 Å². The molecule has 0 spiro atoms. The Morgan fingerprint density at radius 3 is 2.33 bits per heavy atom. The van der Waals surface area contributed by atoms with Gasteiger partial charge in [0, 0.05) is 29.7 Å². The molecule has 0 unspecified atom stereocenters. The summed E-state index contributed by atoms with van der Waals surface area (Å²) >= 11 is 6.12. The first-order chi connectivity index (χ1) is 9.74. The highest BCUT2D eigenvalue weighted by atomic mass is 35.5. The molecular weight excluding hydrogens is 309 g/mol. The monoisotopic (exact) mass is 327 g/mol. The van der Waals surface area contributed by atoms with Crippen LogP contribution in [-0.2, 0) is 13.1 Å². The second-order valence-electron chi connectivity index (χ2n) is 4.37. The first-order valence-corrected chi connectivity index (χ1v) is 6.77. The van der Waals surface area contributed by atoms with Gasteiger partial charge in [0.05, 0.1) is 14.2 Å². The maximum atomic E-state index is 6.12. The predicted molar refractivity (Wildman–Crippen MR) is 88.8 cm³/mol. The van der Waals surface area contributed by atoms with E-state index in [0.717, 1.165) is 34.2 Å². The van der Waals surface area contributed by atoms with Gasteiger partial charge >= 0.3 is 0 Å². The number of ether oxygens (including phenoxy) is 2. The molecule has 0 radical (unpaired) electrons. The van der Waals surface area contributed by atoms with Crippen molar-refractivity contribution in [2.45, 2.75) is 13.1 Å². The van der Waals surface area contributed by atoms with Gasteiger partial charge in [-0.15, -0.1) is 12.4 Å². The number of hydrogen-bond acceptors (Lipinski definition) is 3. The van der Waals surface area contributed by atoms with Gasteiger partial charge < -0.3 is 14.8 Å². The zero-order chi connectivity index (χ0) is 14.4. The molecular formula is C16H19Cl2NO2. The zero-order valence-corrected chi connectivity index (χ0v) is 13.6. The van der Waals surface area contributed by atoms with E-state index in [0.29, 0.717) is 6.54 Å². The van der Waals surface area contributed by atoms with Gasteiger partial charge in [-0.05, 0) is 17.7 Å². The van der Waals surface area contributed by atoms with Crippen molar-refractivity contribution in [2.75, 3.05) is 14.2 Å². The fourth-order valence-electron chi connectivity index (χ4n) is 1.97. The van der Waals surface area contributed by atoms with Crippen LogP contribution in [-0.4, -0.2) is 14.2 Å². The summed E-state index contributed by atoms with van der Waals surface area (Å²) < 4.78 is 10.6. The molecule has 0 amide bonds. The van der Waals surface area contributed by atoms with Gasteiger partial charge in [0.15, 0.2) is 0 Å². The molecule has 3 nitrogen and oxygen atoms in total. The quantitative estimate of drug-likeness (QED) is 0.867. The van der Waals surface area contributed by atoms with Crippen molar-refractivity contribution < 1.29 is 9.47 Å². The summed E-state index contributed by atoms with van der Waals surface area (Å²) in [5, 5.41) is 4.15. The van der Waals surface area contributed by atoms with E-state index in [1.54, 1.807) is 14.2 Å². The van der Waals surface area contributed by atoms with Gasteiger partial charge in [-0.2, -0.15) is 0 Å². The topological polar surface area (TPSA) is 30.5 Å². The molecule has 2 aromatic carbocycles. The molecule has 0 aliphatic carbocycles. The second-order valence-corrected chi connectivity index (χ2v) is 4.78. The summed E-state index contributed by atoms with van der Waals surface area (Å²) in [6.07, 6.45) is 0. The summed E-state index contributed by atoms with van der Waals surface area (Å²) in [6, 6.07) is 13.6. The molecule has 0 atom stereocenters. The molecule has 2 rings (SSSR count). The minimum atomic E-state index is 0. The highest BCUT2D eigenvalue weighted by molar-refractivity contribution is 6.31. The number of rotatable bonds is 6. The maximum absolute atomic E-state index is 6.12. The van der Waals surface area contributed by atoms with Crippen LogP contribution in [0.15, 0.2) is 42.5 Å². The normalized spacial score (nSPS) is 9.86. The highest BCUT2D eigenvalue weighted by Gasteiger charge is 2.05. The van der Waals surface area contributed by atoms with Gasteiger partial charge in [-0.1, -0.05) is 35.9 Å². The number of benzene rings is 2. The van der Waals surface area contributed by atoms with Gasteiger partial charge in [-0.25, -0.2) is 0 Å². The molecule has 0 aliphatic heterocycles. The van der Waals surface area contributed by atoms with Crippen LogP contribution in [0.2, 0.25) is 5.02 Å². The third-order valence-electron chi connectivity index (χ3n) is 3.08. The third kappa shape index (κ3) is 4.81. The van der Waals surface area contributed by atoms with E-state index in [4.69, 9.17) is 21.1 Å². The van der Waals surface area contributed by atoms with Crippen molar-refractivity contribution in [1.29, 1.82) is 0 Å². The Labute approximate surface area is 136 Å².